The lowest BCUT2D eigenvalue weighted by Crippen LogP contribution is -2.45. The lowest BCUT2D eigenvalue weighted by Gasteiger charge is -2.35. The molecule has 118 valence electrons. The molecule has 1 aromatic heterocycles. The summed E-state index contributed by atoms with van der Waals surface area (Å²) >= 11 is 0. The van der Waals surface area contributed by atoms with Gasteiger partial charge in [0.15, 0.2) is 0 Å². The fraction of sp³-hybridized carbons (Fsp3) is 0.438. The van der Waals surface area contributed by atoms with E-state index < -0.39 is 10.0 Å². The van der Waals surface area contributed by atoms with Crippen molar-refractivity contribution in [2.24, 2.45) is 0 Å². The maximum absolute atomic E-state index is 12.6. The van der Waals surface area contributed by atoms with Crippen LogP contribution in [0.5, 0.6) is 0 Å². The van der Waals surface area contributed by atoms with E-state index in [1.807, 2.05) is 29.1 Å². The Morgan fingerprint density at radius 1 is 1.27 bits per heavy atom. The second-order valence-electron chi connectivity index (χ2n) is 5.79. The van der Waals surface area contributed by atoms with Crippen molar-refractivity contribution in [3.8, 4) is 0 Å². The average Bonchev–Trinajstić information content (AvgIpc) is 2.97. The summed E-state index contributed by atoms with van der Waals surface area (Å²) < 4.78 is 29.9. The van der Waals surface area contributed by atoms with Crippen molar-refractivity contribution < 1.29 is 8.42 Å². The van der Waals surface area contributed by atoms with Gasteiger partial charge in [-0.2, -0.15) is 5.10 Å². The van der Waals surface area contributed by atoms with Crippen LogP contribution in [0.1, 0.15) is 37.8 Å². The van der Waals surface area contributed by atoms with Crippen LogP contribution in [-0.2, 0) is 16.4 Å². The van der Waals surface area contributed by atoms with Gasteiger partial charge in [-0.1, -0.05) is 31.5 Å². The highest BCUT2D eigenvalue weighted by atomic mass is 32.2. The predicted molar refractivity (Wildman–Crippen MR) is 85.0 cm³/mol. The highest BCUT2D eigenvalue weighted by Gasteiger charge is 2.34. The molecule has 0 spiro atoms. The molecule has 0 saturated heterocycles. The Morgan fingerprint density at radius 3 is 2.73 bits per heavy atom. The third kappa shape index (κ3) is 3.08. The molecule has 3 rings (SSSR count). The minimum Gasteiger partial charge on any atom is -0.270 e. The van der Waals surface area contributed by atoms with Crippen molar-refractivity contribution in [3.05, 3.63) is 48.3 Å². The second kappa shape index (κ2) is 6.22. The number of hydrogen-bond acceptors (Lipinski definition) is 3. The van der Waals surface area contributed by atoms with E-state index in [4.69, 9.17) is 0 Å². The minimum absolute atomic E-state index is 0.00566. The highest BCUT2D eigenvalue weighted by molar-refractivity contribution is 7.89. The smallest absolute Gasteiger partial charge is 0.241 e. The van der Waals surface area contributed by atoms with Crippen LogP contribution < -0.4 is 4.72 Å². The van der Waals surface area contributed by atoms with Gasteiger partial charge in [-0.05, 0) is 37.0 Å². The Hall–Kier alpha value is -1.66. The first-order chi connectivity index (χ1) is 10.6. The van der Waals surface area contributed by atoms with Gasteiger partial charge in [0.1, 0.15) is 0 Å². The molecule has 1 N–H and O–H groups in total. The van der Waals surface area contributed by atoms with E-state index in [9.17, 15) is 8.42 Å². The Morgan fingerprint density at radius 2 is 2.05 bits per heavy atom. The quantitative estimate of drug-likeness (QED) is 0.890. The third-order valence-corrected chi connectivity index (χ3v) is 5.74. The molecule has 1 aliphatic carbocycles. The van der Waals surface area contributed by atoms with Crippen LogP contribution in [0.25, 0.3) is 0 Å². The van der Waals surface area contributed by atoms with Gasteiger partial charge in [0.25, 0.3) is 0 Å². The zero-order valence-electron chi connectivity index (χ0n) is 12.6. The molecular weight excluding hydrogens is 298 g/mol. The molecule has 1 fully saturated rings. The predicted octanol–water partition coefficient (Wildman–Crippen LogP) is 2.52. The van der Waals surface area contributed by atoms with E-state index in [-0.39, 0.29) is 6.04 Å². The number of aryl methyl sites for hydroxylation is 1. The fourth-order valence-electron chi connectivity index (χ4n) is 2.92. The summed E-state index contributed by atoms with van der Waals surface area (Å²) in [5.74, 6) is 0. The zero-order valence-corrected chi connectivity index (χ0v) is 13.5. The van der Waals surface area contributed by atoms with E-state index >= 15 is 0 Å². The van der Waals surface area contributed by atoms with Crippen LogP contribution in [0.3, 0.4) is 0 Å². The summed E-state index contributed by atoms with van der Waals surface area (Å²) in [5.41, 5.74) is 0.889. The summed E-state index contributed by atoms with van der Waals surface area (Å²) in [7, 11) is -3.45. The van der Waals surface area contributed by atoms with Crippen LogP contribution in [0.15, 0.2) is 47.6 Å². The first-order valence-electron chi connectivity index (χ1n) is 7.69. The normalized spacial score (nSPS) is 21.5. The maximum Gasteiger partial charge on any atom is 0.241 e. The molecular formula is C16H21N3O2S. The summed E-state index contributed by atoms with van der Waals surface area (Å²) in [6, 6.07) is 9.44. The molecule has 0 atom stereocenters. The van der Waals surface area contributed by atoms with E-state index in [1.165, 1.54) is 0 Å². The second-order valence-corrected chi connectivity index (χ2v) is 7.47. The molecule has 6 heteroatoms. The van der Waals surface area contributed by atoms with Gasteiger partial charge in [-0.15, -0.1) is 0 Å². The molecule has 0 aliphatic heterocycles. The molecule has 0 unspecified atom stereocenters. The monoisotopic (exact) mass is 319 g/mol. The van der Waals surface area contributed by atoms with E-state index in [0.29, 0.717) is 10.9 Å². The highest BCUT2D eigenvalue weighted by Crippen LogP contribution is 2.32. The number of aromatic nitrogens is 2. The number of nitrogens with one attached hydrogen (secondary N) is 1. The molecule has 5 nitrogen and oxygen atoms in total. The fourth-order valence-corrected chi connectivity index (χ4v) is 4.45. The molecule has 0 bridgehead atoms. The number of nitrogens with zero attached hydrogens (tertiary/aromatic N) is 2. The van der Waals surface area contributed by atoms with Crippen molar-refractivity contribution in [3.63, 3.8) is 0 Å². The van der Waals surface area contributed by atoms with E-state index in [2.05, 4.69) is 16.7 Å². The molecule has 0 amide bonds. The van der Waals surface area contributed by atoms with Crippen molar-refractivity contribution in [2.75, 3.05) is 0 Å². The molecule has 1 heterocycles. The van der Waals surface area contributed by atoms with Gasteiger partial charge >= 0.3 is 0 Å². The van der Waals surface area contributed by atoms with Crippen LogP contribution in [0, 0.1) is 0 Å². The van der Waals surface area contributed by atoms with Crippen LogP contribution in [0.4, 0.5) is 0 Å². The standard InChI is InChI=1S/C16H21N3O2S/c1-2-6-13-7-3-4-8-16(13)22(20,21)18-14-11-15(12-14)19-10-5-9-17-19/h3-5,7-10,14-15,18H,2,6,11-12H2,1H3. The third-order valence-electron chi connectivity index (χ3n) is 4.12. The van der Waals surface area contributed by atoms with Gasteiger partial charge in [-0.3, -0.25) is 4.68 Å². The molecule has 1 saturated carbocycles. The van der Waals surface area contributed by atoms with Gasteiger partial charge < -0.3 is 0 Å². The molecule has 2 aromatic rings. The molecule has 1 aliphatic rings. The Bertz CT molecular complexity index is 720. The largest absolute Gasteiger partial charge is 0.270 e. The lowest BCUT2D eigenvalue weighted by molar-refractivity contribution is 0.232. The summed E-state index contributed by atoms with van der Waals surface area (Å²) in [6.07, 6.45) is 6.95. The SMILES string of the molecule is CCCc1ccccc1S(=O)(=O)NC1CC(n2cccn2)C1. The maximum atomic E-state index is 12.6. The van der Waals surface area contributed by atoms with E-state index in [1.54, 1.807) is 18.3 Å². The Balaban J connectivity index is 1.68. The van der Waals surface area contributed by atoms with Gasteiger partial charge in [0.2, 0.25) is 10.0 Å². The van der Waals surface area contributed by atoms with Gasteiger partial charge in [-0.25, -0.2) is 13.1 Å². The Labute approximate surface area is 131 Å². The number of sulfonamides is 1. The average molecular weight is 319 g/mol. The van der Waals surface area contributed by atoms with Crippen molar-refractivity contribution >= 4 is 10.0 Å². The van der Waals surface area contributed by atoms with Crippen molar-refractivity contribution in [2.45, 2.75) is 49.6 Å². The first kappa shape index (κ1) is 15.2. The Kier molecular flexibility index (Phi) is 4.31. The van der Waals surface area contributed by atoms with Gasteiger partial charge in [0, 0.05) is 18.4 Å². The van der Waals surface area contributed by atoms with Crippen LogP contribution in [-0.4, -0.2) is 24.2 Å². The summed E-state index contributed by atoms with van der Waals surface area (Å²) in [5, 5.41) is 4.21. The van der Waals surface area contributed by atoms with Crippen LogP contribution >= 0.6 is 0 Å². The minimum atomic E-state index is -3.45. The lowest BCUT2D eigenvalue weighted by atomic mass is 9.88. The summed E-state index contributed by atoms with van der Waals surface area (Å²) in [6.45, 7) is 2.05. The van der Waals surface area contributed by atoms with E-state index in [0.717, 1.165) is 31.2 Å². The topological polar surface area (TPSA) is 64.0 Å². The first-order valence-corrected chi connectivity index (χ1v) is 9.18. The number of benzene rings is 1. The zero-order chi connectivity index (χ0) is 15.6. The number of rotatable bonds is 6. The molecule has 1 aromatic carbocycles. The molecule has 0 radical (unpaired) electrons. The van der Waals surface area contributed by atoms with Crippen molar-refractivity contribution in [1.82, 2.24) is 14.5 Å². The van der Waals surface area contributed by atoms with Crippen LogP contribution in [0.2, 0.25) is 0 Å². The molecule has 22 heavy (non-hydrogen) atoms. The van der Waals surface area contributed by atoms with Gasteiger partial charge in [0.05, 0.1) is 10.9 Å². The van der Waals surface area contributed by atoms with Crippen molar-refractivity contribution in [1.29, 1.82) is 0 Å². The number of hydrogen-bond donors (Lipinski definition) is 1. The summed E-state index contributed by atoms with van der Waals surface area (Å²) in [4.78, 5) is 0.416.